The molecule has 0 aliphatic heterocycles. The number of hydrogen-bond acceptors (Lipinski definition) is 4. The predicted molar refractivity (Wildman–Crippen MR) is 122 cm³/mol. The number of amides is 1. The summed E-state index contributed by atoms with van der Waals surface area (Å²) in [4.78, 5) is 26.1. The fourth-order valence-electron chi connectivity index (χ4n) is 3.65. The quantitative estimate of drug-likeness (QED) is 0.535. The summed E-state index contributed by atoms with van der Waals surface area (Å²) in [5.41, 5.74) is 4.31. The van der Waals surface area contributed by atoms with Crippen LogP contribution >= 0.6 is 0 Å². The molecule has 4 aromatic rings. The zero-order valence-corrected chi connectivity index (χ0v) is 18.1. The van der Waals surface area contributed by atoms with Gasteiger partial charge in [0.25, 0.3) is 5.56 Å². The van der Waals surface area contributed by atoms with Crippen LogP contribution in [0.1, 0.15) is 36.6 Å². The molecule has 2 aromatic heterocycles. The highest BCUT2D eigenvalue weighted by atomic mass is 16.2. The zero-order chi connectivity index (χ0) is 22.1. The number of benzene rings is 2. The van der Waals surface area contributed by atoms with Crippen LogP contribution in [-0.2, 0) is 11.3 Å². The third-order valence-corrected chi connectivity index (χ3v) is 5.31. The fraction of sp³-hybridized carbons (Fsp3) is 0.250. The third-order valence-electron chi connectivity index (χ3n) is 5.31. The van der Waals surface area contributed by atoms with Crippen molar-refractivity contribution in [2.45, 2.75) is 40.2 Å². The number of hydrogen-bond donors (Lipinski definition) is 1. The number of nitrogens with zero attached hydrogens (tertiary/aromatic N) is 4. The van der Waals surface area contributed by atoms with Crippen LogP contribution < -0.4 is 10.9 Å². The number of fused-ring (bicyclic) bond motifs is 1. The van der Waals surface area contributed by atoms with Crippen molar-refractivity contribution >= 4 is 22.5 Å². The SMILES string of the molecule is Cc1ccccc1NC(=O)Cn1nc(C(C)C)c2cnn(-c3ccccc3C)c2c1=O. The Labute approximate surface area is 180 Å². The lowest BCUT2D eigenvalue weighted by molar-refractivity contribution is -0.117. The van der Waals surface area contributed by atoms with Crippen LogP contribution in [0.5, 0.6) is 0 Å². The molecule has 2 heterocycles. The molecule has 0 spiro atoms. The number of anilines is 1. The van der Waals surface area contributed by atoms with Crippen LogP contribution in [0.15, 0.2) is 59.5 Å². The lowest BCUT2D eigenvalue weighted by atomic mass is 10.1. The summed E-state index contributed by atoms with van der Waals surface area (Å²) in [6.45, 7) is 7.73. The van der Waals surface area contributed by atoms with Gasteiger partial charge < -0.3 is 5.32 Å². The van der Waals surface area contributed by atoms with Crippen molar-refractivity contribution in [1.82, 2.24) is 19.6 Å². The van der Waals surface area contributed by atoms with Gasteiger partial charge in [0, 0.05) is 11.1 Å². The van der Waals surface area contributed by atoms with E-state index in [1.165, 1.54) is 4.68 Å². The van der Waals surface area contributed by atoms with Gasteiger partial charge in [0.2, 0.25) is 5.91 Å². The number of aryl methyl sites for hydroxylation is 2. The van der Waals surface area contributed by atoms with E-state index in [0.717, 1.165) is 28.2 Å². The van der Waals surface area contributed by atoms with Gasteiger partial charge in [-0.1, -0.05) is 50.2 Å². The maximum absolute atomic E-state index is 13.4. The van der Waals surface area contributed by atoms with Gasteiger partial charge in [-0.05, 0) is 43.0 Å². The first kappa shape index (κ1) is 20.5. The maximum atomic E-state index is 13.4. The van der Waals surface area contributed by atoms with E-state index in [2.05, 4.69) is 15.5 Å². The van der Waals surface area contributed by atoms with E-state index in [1.54, 1.807) is 10.9 Å². The van der Waals surface area contributed by atoms with Gasteiger partial charge in [0.05, 0.1) is 17.6 Å². The lowest BCUT2D eigenvalue weighted by Gasteiger charge is -2.13. The maximum Gasteiger partial charge on any atom is 0.293 e. The molecule has 0 radical (unpaired) electrons. The molecule has 1 amide bonds. The van der Waals surface area contributed by atoms with E-state index < -0.39 is 0 Å². The third kappa shape index (κ3) is 3.86. The number of rotatable bonds is 5. The molecular formula is C24H25N5O2. The Morgan fingerprint density at radius 1 is 1.03 bits per heavy atom. The molecule has 0 aliphatic rings. The molecule has 0 saturated heterocycles. The smallest absolute Gasteiger partial charge is 0.293 e. The molecular weight excluding hydrogens is 390 g/mol. The molecule has 4 rings (SSSR count). The average Bonchev–Trinajstić information content (AvgIpc) is 3.17. The summed E-state index contributed by atoms with van der Waals surface area (Å²) in [6, 6.07) is 15.3. The van der Waals surface area contributed by atoms with Crippen LogP contribution in [0, 0.1) is 13.8 Å². The first-order valence-corrected chi connectivity index (χ1v) is 10.3. The summed E-state index contributed by atoms with van der Waals surface area (Å²) < 4.78 is 2.89. The van der Waals surface area contributed by atoms with E-state index in [9.17, 15) is 9.59 Å². The molecule has 1 N–H and O–H groups in total. The van der Waals surface area contributed by atoms with Crippen LogP contribution in [0.3, 0.4) is 0 Å². The van der Waals surface area contributed by atoms with E-state index in [-0.39, 0.29) is 23.9 Å². The summed E-state index contributed by atoms with van der Waals surface area (Å²) in [5, 5.41) is 12.6. The zero-order valence-electron chi connectivity index (χ0n) is 18.1. The summed E-state index contributed by atoms with van der Waals surface area (Å²) in [7, 11) is 0. The topological polar surface area (TPSA) is 81.8 Å². The molecule has 0 unspecified atom stereocenters. The van der Waals surface area contributed by atoms with Crippen LogP contribution in [0.25, 0.3) is 16.6 Å². The Morgan fingerprint density at radius 3 is 2.39 bits per heavy atom. The second-order valence-electron chi connectivity index (χ2n) is 7.97. The minimum atomic E-state index is -0.347. The highest BCUT2D eigenvalue weighted by Crippen LogP contribution is 2.24. The van der Waals surface area contributed by atoms with Crippen molar-refractivity contribution in [3.05, 3.63) is 81.9 Å². The molecule has 158 valence electrons. The highest BCUT2D eigenvalue weighted by Gasteiger charge is 2.20. The summed E-state index contributed by atoms with van der Waals surface area (Å²) in [6.07, 6.45) is 1.68. The van der Waals surface area contributed by atoms with E-state index in [4.69, 9.17) is 0 Å². The van der Waals surface area contributed by atoms with Gasteiger partial charge >= 0.3 is 0 Å². The molecule has 0 bridgehead atoms. The van der Waals surface area contributed by atoms with Gasteiger partial charge in [-0.25, -0.2) is 9.36 Å². The molecule has 2 aromatic carbocycles. The van der Waals surface area contributed by atoms with Crippen molar-refractivity contribution in [2.75, 3.05) is 5.32 Å². The van der Waals surface area contributed by atoms with Crippen molar-refractivity contribution in [3.8, 4) is 5.69 Å². The Bertz CT molecular complexity index is 1330. The largest absolute Gasteiger partial charge is 0.324 e. The number of nitrogens with one attached hydrogen (secondary N) is 1. The Kier molecular flexibility index (Phi) is 5.42. The Morgan fingerprint density at radius 2 is 1.71 bits per heavy atom. The van der Waals surface area contributed by atoms with Gasteiger partial charge in [-0.2, -0.15) is 10.2 Å². The lowest BCUT2D eigenvalue weighted by Crippen LogP contribution is -2.31. The average molecular weight is 415 g/mol. The van der Waals surface area contributed by atoms with Gasteiger partial charge in [-0.15, -0.1) is 0 Å². The van der Waals surface area contributed by atoms with E-state index in [1.807, 2.05) is 76.2 Å². The van der Waals surface area contributed by atoms with Gasteiger partial charge in [0.15, 0.2) is 0 Å². The standard InChI is InChI=1S/C24H25N5O2/c1-15(2)22-18-13-25-29(20-12-8-6-10-17(20)4)23(18)24(31)28(27-22)14-21(30)26-19-11-7-5-9-16(19)3/h5-13,15H,14H2,1-4H3,(H,26,30). The number of para-hydroxylation sites is 2. The summed E-state index contributed by atoms with van der Waals surface area (Å²) >= 11 is 0. The molecule has 0 fully saturated rings. The second-order valence-corrected chi connectivity index (χ2v) is 7.97. The minimum absolute atomic E-state index is 0.0586. The normalized spacial score (nSPS) is 11.3. The molecule has 31 heavy (non-hydrogen) atoms. The number of carbonyl (C=O) groups excluding carboxylic acids is 1. The first-order chi connectivity index (χ1) is 14.9. The molecule has 0 atom stereocenters. The monoisotopic (exact) mass is 415 g/mol. The molecule has 0 aliphatic carbocycles. The van der Waals surface area contributed by atoms with E-state index in [0.29, 0.717) is 10.9 Å². The van der Waals surface area contributed by atoms with E-state index >= 15 is 0 Å². The molecule has 7 heteroatoms. The van der Waals surface area contributed by atoms with Gasteiger partial charge in [-0.3, -0.25) is 9.59 Å². The molecule has 7 nitrogen and oxygen atoms in total. The van der Waals surface area contributed by atoms with Crippen LogP contribution in [0.4, 0.5) is 5.69 Å². The molecule has 0 saturated carbocycles. The Balaban J connectivity index is 1.81. The van der Waals surface area contributed by atoms with Crippen LogP contribution in [0.2, 0.25) is 0 Å². The predicted octanol–water partition coefficient (Wildman–Crippen LogP) is 3.96. The fourth-order valence-corrected chi connectivity index (χ4v) is 3.65. The minimum Gasteiger partial charge on any atom is -0.324 e. The Hall–Kier alpha value is -3.74. The van der Waals surface area contributed by atoms with Gasteiger partial charge in [0.1, 0.15) is 12.1 Å². The summed E-state index contributed by atoms with van der Waals surface area (Å²) in [5.74, 6) is -0.247. The second kappa shape index (κ2) is 8.18. The van der Waals surface area contributed by atoms with Crippen molar-refractivity contribution < 1.29 is 4.79 Å². The van der Waals surface area contributed by atoms with Crippen LogP contribution in [-0.4, -0.2) is 25.5 Å². The highest BCUT2D eigenvalue weighted by molar-refractivity contribution is 5.91. The first-order valence-electron chi connectivity index (χ1n) is 10.3. The number of carbonyl (C=O) groups is 1. The van der Waals surface area contributed by atoms with Crippen molar-refractivity contribution in [2.24, 2.45) is 0 Å². The number of aromatic nitrogens is 4. The van der Waals surface area contributed by atoms with Crippen molar-refractivity contribution in [1.29, 1.82) is 0 Å². The van der Waals surface area contributed by atoms with Crippen molar-refractivity contribution in [3.63, 3.8) is 0 Å².